The van der Waals surface area contributed by atoms with Crippen molar-refractivity contribution in [3.63, 3.8) is 0 Å². The Labute approximate surface area is 175 Å². The van der Waals surface area contributed by atoms with Crippen LogP contribution >= 0.6 is 0 Å². The molecule has 0 atom stereocenters. The van der Waals surface area contributed by atoms with Crippen LogP contribution in [0.5, 0.6) is 5.75 Å². The number of carbonyl (C=O) groups is 1. The zero-order valence-corrected chi connectivity index (χ0v) is 17.4. The monoisotopic (exact) mass is 405 g/mol. The summed E-state index contributed by atoms with van der Waals surface area (Å²) in [7, 11) is 1.63. The molecule has 3 heterocycles. The Morgan fingerprint density at radius 1 is 1.37 bits per heavy atom. The number of carbonyl (C=O) groups excluding carboxylic acids is 1. The normalized spacial score (nSPS) is 14.8. The third-order valence-corrected chi connectivity index (χ3v) is 5.97. The maximum absolute atomic E-state index is 12.3. The summed E-state index contributed by atoms with van der Waals surface area (Å²) in [6.07, 6.45) is 5.68. The number of primary amides is 1. The van der Waals surface area contributed by atoms with Crippen molar-refractivity contribution in [1.29, 1.82) is 0 Å². The Bertz CT molecular complexity index is 1130. The summed E-state index contributed by atoms with van der Waals surface area (Å²) in [5.41, 5.74) is 11.2. The first kappa shape index (κ1) is 19.8. The van der Waals surface area contributed by atoms with Crippen molar-refractivity contribution in [2.75, 3.05) is 20.2 Å². The first-order valence-electron chi connectivity index (χ1n) is 10.1. The Morgan fingerprint density at radius 3 is 2.73 bits per heavy atom. The van der Waals surface area contributed by atoms with Gasteiger partial charge < -0.3 is 20.4 Å². The second kappa shape index (κ2) is 7.74. The van der Waals surface area contributed by atoms with Gasteiger partial charge in [-0.1, -0.05) is 25.3 Å². The fourth-order valence-corrected chi connectivity index (χ4v) is 4.23. The van der Waals surface area contributed by atoms with E-state index in [0.717, 1.165) is 54.2 Å². The molecule has 1 fully saturated rings. The number of piperidine rings is 1. The van der Waals surface area contributed by atoms with E-state index in [9.17, 15) is 4.79 Å². The highest BCUT2D eigenvalue weighted by atomic mass is 16.5. The third kappa shape index (κ3) is 3.26. The van der Waals surface area contributed by atoms with Gasteiger partial charge in [-0.25, -0.2) is 4.52 Å². The number of H-pyrrole nitrogens is 1. The number of nitrogens with zero attached hydrogens (tertiary/aromatic N) is 3. The van der Waals surface area contributed by atoms with Crippen LogP contribution in [-0.4, -0.2) is 45.6 Å². The number of benzene rings is 1. The standard InChI is InChI=1S/C23H27N5O2/c1-5-15(3)27-10-8-16(9-11-27)18-13-25-23-20(22(24)29)21(26-28(18)23)17-7-6-14(2)19(12-17)30-4/h5-7,12-13,16,25H,1,3,8-11H2,2,4H3,(H2,24,29). The molecule has 7 heteroatoms. The highest BCUT2D eigenvalue weighted by Crippen LogP contribution is 2.34. The van der Waals surface area contributed by atoms with Crippen LogP contribution < -0.4 is 10.5 Å². The fraction of sp³-hybridized carbons (Fsp3) is 0.304. The predicted molar refractivity (Wildman–Crippen MR) is 118 cm³/mol. The molecule has 4 rings (SSSR count). The number of aryl methyl sites for hydroxylation is 1. The van der Waals surface area contributed by atoms with Gasteiger partial charge in [-0.15, -0.1) is 0 Å². The molecular formula is C23H27N5O2. The lowest BCUT2D eigenvalue weighted by Gasteiger charge is -2.33. The van der Waals surface area contributed by atoms with E-state index < -0.39 is 5.91 Å². The molecule has 156 valence electrons. The minimum absolute atomic E-state index is 0.327. The van der Waals surface area contributed by atoms with Crippen molar-refractivity contribution < 1.29 is 9.53 Å². The molecule has 0 aliphatic carbocycles. The summed E-state index contributed by atoms with van der Waals surface area (Å²) in [5, 5.41) is 4.80. The average Bonchev–Trinajstić information content (AvgIpc) is 3.33. The van der Waals surface area contributed by atoms with Gasteiger partial charge in [0.1, 0.15) is 22.7 Å². The lowest BCUT2D eigenvalue weighted by molar-refractivity contribution is 0.100. The first-order chi connectivity index (χ1) is 14.4. The number of rotatable bonds is 6. The van der Waals surface area contributed by atoms with Crippen LogP contribution in [0.3, 0.4) is 0 Å². The van der Waals surface area contributed by atoms with E-state index in [-0.39, 0.29) is 0 Å². The number of aromatic amines is 1. The topological polar surface area (TPSA) is 88.6 Å². The number of nitrogens with two attached hydrogens (primary N) is 1. The summed E-state index contributed by atoms with van der Waals surface area (Å²) >= 11 is 0. The molecule has 1 amide bonds. The van der Waals surface area contributed by atoms with E-state index in [1.807, 2.05) is 35.8 Å². The van der Waals surface area contributed by atoms with Crippen molar-refractivity contribution in [3.8, 4) is 17.0 Å². The van der Waals surface area contributed by atoms with Crippen LogP contribution in [0.4, 0.5) is 0 Å². The number of imidazole rings is 1. The molecule has 0 bridgehead atoms. The number of aromatic nitrogens is 3. The van der Waals surface area contributed by atoms with Gasteiger partial charge in [0.05, 0.1) is 12.8 Å². The zero-order valence-electron chi connectivity index (χ0n) is 17.4. The van der Waals surface area contributed by atoms with Gasteiger partial charge in [0.2, 0.25) is 0 Å². The molecule has 1 aromatic carbocycles. The minimum Gasteiger partial charge on any atom is -0.496 e. The molecule has 2 aromatic heterocycles. The van der Waals surface area contributed by atoms with E-state index in [1.165, 1.54) is 0 Å². The highest BCUT2D eigenvalue weighted by Gasteiger charge is 2.27. The number of fused-ring (bicyclic) bond motifs is 1. The fourth-order valence-electron chi connectivity index (χ4n) is 4.23. The van der Waals surface area contributed by atoms with E-state index in [1.54, 1.807) is 13.2 Å². The summed E-state index contributed by atoms with van der Waals surface area (Å²) in [4.78, 5) is 17.8. The first-order valence-corrected chi connectivity index (χ1v) is 10.1. The number of likely N-dealkylation sites (tertiary alicyclic amines) is 1. The molecule has 0 unspecified atom stereocenters. The van der Waals surface area contributed by atoms with Crippen LogP contribution in [0.15, 0.2) is 49.3 Å². The molecule has 0 radical (unpaired) electrons. The van der Waals surface area contributed by atoms with Crippen LogP contribution in [-0.2, 0) is 0 Å². The average molecular weight is 406 g/mol. The Hall–Kier alpha value is -3.48. The van der Waals surface area contributed by atoms with Crippen LogP contribution in [0.25, 0.3) is 16.9 Å². The molecule has 30 heavy (non-hydrogen) atoms. The van der Waals surface area contributed by atoms with Crippen molar-refractivity contribution in [2.24, 2.45) is 5.73 Å². The van der Waals surface area contributed by atoms with E-state index in [2.05, 4.69) is 23.0 Å². The second-order valence-corrected chi connectivity index (χ2v) is 7.70. The molecule has 3 aromatic rings. The van der Waals surface area contributed by atoms with Gasteiger partial charge in [0, 0.05) is 36.5 Å². The molecule has 0 saturated carbocycles. The number of hydrogen-bond donors (Lipinski definition) is 2. The van der Waals surface area contributed by atoms with Crippen LogP contribution in [0.2, 0.25) is 0 Å². The maximum atomic E-state index is 12.3. The predicted octanol–water partition coefficient (Wildman–Crippen LogP) is 3.62. The second-order valence-electron chi connectivity index (χ2n) is 7.70. The lowest BCUT2D eigenvalue weighted by Crippen LogP contribution is -2.31. The number of allylic oxidation sites excluding steroid dienone is 1. The Balaban J connectivity index is 1.74. The molecule has 7 nitrogen and oxygen atoms in total. The van der Waals surface area contributed by atoms with Crippen LogP contribution in [0.1, 0.15) is 40.4 Å². The van der Waals surface area contributed by atoms with E-state index in [0.29, 0.717) is 22.8 Å². The van der Waals surface area contributed by atoms with Gasteiger partial charge >= 0.3 is 0 Å². The van der Waals surface area contributed by atoms with E-state index >= 15 is 0 Å². The van der Waals surface area contributed by atoms with Gasteiger partial charge in [-0.2, -0.15) is 5.10 Å². The Kier molecular flexibility index (Phi) is 5.11. The third-order valence-electron chi connectivity index (χ3n) is 5.97. The molecular weight excluding hydrogens is 378 g/mol. The molecule has 0 spiro atoms. The smallest absolute Gasteiger partial charge is 0.254 e. The number of hydrogen-bond acceptors (Lipinski definition) is 4. The highest BCUT2D eigenvalue weighted by molar-refractivity contribution is 6.04. The van der Waals surface area contributed by atoms with Crippen molar-refractivity contribution in [3.05, 3.63) is 66.1 Å². The number of methoxy groups -OCH3 is 1. The van der Waals surface area contributed by atoms with Gasteiger partial charge in [-0.05, 0) is 37.5 Å². The summed E-state index contributed by atoms with van der Waals surface area (Å²) < 4.78 is 7.28. The summed E-state index contributed by atoms with van der Waals surface area (Å²) in [5.74, 6) is 0.563. The maximum Gasteiger partial charge on any atom is 0.254 e. The SMILES string of the molecule is C=CC(=C)N1CCC(c2c[nH]c3c(C(N)=O)c(-c4ccc(C)c(OC)c4)nn23)CC1. The molecule has 3 N–H and O–H groups in total. The Morgan fingerprint density at radius 2 is 2.10 bits per heavy atom. The van der Waals surface area contributed by atoms with Crippen LogP contribution in [0, 0.1) is 6.92 Å². The van der Waals surface area contributed by atoms with E-state index in [4.69, 9.17) is 15.6 Å². The lowest BCUT2D eigenvalue weighted by atomic mass is 9.94. The summed E-state index contributed by atoms with van der Waals surface area (Å²) in [6, 6.07) is 5.78. The quantitative estimate of drug-likeness (QED) is 0.613. The molecule has 1 aliphatic heterocycles. The van der Waals surface area contributed by atoms with Crippen molar-refractivity contribution in [1.82, 2.24) is 19.5 Å². The summed E-state index contributed by atoms with van der Waals surface area (Å²) in [6.45, 7) is 11.6. The van der Waals surface area contributed by atoms with Crippen molar-refractivity contribution in [2.45, 2.75) is 25.7 Å². The van der Waals surface area contributed by atoms with Gasteiger partial charge in [-0.3, -0.25) is 4.79 Å². The van der Waals surface area contributed by atoms with Crippen molar-refractivity contribution >= 4 is 11.6 Å². The molecule has 1 aliphatic rings. The van der Waals surface area contributed by atoms with Gasteiger partial charge in [0.25, 0.3) is 5.91 Å². The number of ether oxygens (including phenoxy) is 1. The zero-order chi connectivity index (χ0) is 21.4. The number of amides is 1. The molecule has 1 saturated heterocycles. The minimum atomic E-state index is -0.509. The largest absolute Gasteiger partial charge is 0.496 e. The van der Waals surface area contributed by atoms with Gasteiger partial charge in [0.15, 0.2) is 0 Å². The number of nitrogens with one attached hydrogen (secondary N) is 1.